The summed E-state index contributed by atoms with van der Waals surface area (Å²) in [7, 11) is 1.31. The van der Waals surface area contributed by atoms with Crippen molar-refractivity contribution in [2.45, 2.75) is 26.7 Å². The largest absolute Gasteiger partial charge is 0.477 e. The zero-order valence-electron chi connectivity index (χ0n) is 11.1. The molecule has 0 aromatic carbocycles. The number of carbonyl (C=O) groups excluding carboxylic acids is 1. The second-order valence-electron chi connectivity index (χ2n) is 4.31. The molecule has 1 aromatic rings. The van der Waals surface area contributed by atoms with Crippen molar-refractivity contribution in [3.63, 3.8) is 0 Å². The van der Waals surface area contributed by atoms with Crippen molar-refractivity contribution in [1.82, 2.24) is 4.98 Å². The number of esters is 1. The van der Waals surface area contributed by atoms with Crippen molar-refractivity contribution in [1.29, 1.82) is 0 Å². The van der Waals surface area contributed by atoms with E-state index in [-0.39, 0.29) is 11.3 Å². The monoisotopic (exact) mass is 252 g/mol. The SMILES string of the molecule is CCCC(C)COc1cc(C(=O)OC)c(N)cn1. The second kappa shape index (κ2) is 6.83. The first-order valence-corrected chi connectivity index (χ1v) is 6.05. The van der Waals surface area contributed by atoms with E-state index in [2.05, 4.69) is 23.6 Å². The number of nitrogens with zero attached hydrogens (tertiary/aromatic N) is 1. The number of hydrogen-bond acceptors (Lipinski definition) is 5. The van der Waals surface area contributed by atoms with Crippen LogP contribution in [0.4, 0.5) is 5.69 Å². The van der Waals surface area contributed by atoms with Crippen LogP contribution in [0.5, 0.6) is 5.88 Å². The predicted octanol–water partition coefficient (Wildman–Crippen LogP) is 2.27. The fraction of sp³-hybridized carbons (Fsp3) is 0.538. The van der Waals surface area contributed by atoms with Gasteiger partial charge in [-0.3, -0.25) is 0 Å². The molecule has 1 aromatic heterocycles. The van der Waals surface area contributed by atoms with Crippen LogP contribution in [0.15, 0.2) is 12.3 Å². The molecule has 18 heavy (non-hydrogen) atoms. The third-order valence-corrected chi connectivity index (χ3v) is 2.61. The van der Waals surface area contributed by atoms with E-state index in [9.17, 15) is 4.79 Å². The van der Waals surface area contributed by atoms with Gasteiger partial charge in [-0.2, -0.15) is 0 Å². The van der Waals surface area contributed by atoms with E-state index in [1.807, 2.05) is 0 Å². The van der Waals surface area contributed by atoms with E-state index in [4.69, 9.17) is 10.5 Å². The van der Waals surface area contributed by atoms with Gasteiger partial charge < -0.3 is 15.2 Å². The van der Waals surface area contributed by atoms with Crippen LogP contribution in [0.2, 0.25) is 0 Å². The van der Waals surface area contributed by atoms with E-state index in [1.165, 1.54) is 19.4 Å². The number of aromatic nitrogens is 1. The number of anilines is 1. The molecule has 1 atom stereocenters. The number of nitrogens with two attached hydrogens (primary N) is 1. The molecule has 1 heterocycles. The molecule has 0 fully saturated rings. The summed E-state index contributed by atoms with van der Waals surface area (Å²) < 4.78 is 10.2. The van der Waals surface area contributed by atoms with Gasteiger partial charge in [0.05, 0.1) is 31.2 Å². The Labute approximate surface area is 107 Å². The zero-order valence-corrected chi connectivity index (χ0v) is 11.1. The summed E-state index contributed by atoms with van der Waals surface area (Å²) in [6.45, 7) is 4.82. The molecule has 0 bridgehead atoms. The molecule has 0 spiro atoms. The Morgan fingerprint density at radius 1 is 1.56 bits per heavy atom. The highest BCUT2D eigenvalue weighted by Gasteiger charge is 2.12. The fourth-order valence-corrected chi connectivity index (χ4v) is 1.62. The molecular formula is C13H20N2O3. The Balaban J connectivity index is 2.70. The van der Waals surface area contributed by atoms with Crippen LogP contribution in [-0.2, 0) is 4.74 Å². The van der Waals surface area contributed by atoms with Crippen molar-refractivity contribution < 1.29 is 14.3 Å². The van der Waals surface area contributed by atoms with E-state index in [1.54, 1.807) is 0 Å². The maximum atomic E-state index is 11.4. The molecule has 5 heteroatoms. The lowest BCUT2D eigenvalue weighted by molar-refractivity contribution is 0.0601. The highest BCUT2D eigenvalue weighted by Crippen LogP contribution is 2.18. The van der Waals surface area contributed by atoms with Gasteiger partial charge in [0, 0.05) is 6.07 Å². The summed E-state index contributed by atoms with van der Waals surface area (Å²) in [6, 6.07) is 1.51. The Morgan fingerprint density at radius 2 is 2.28 bits per heavy atom. The van der Waals surface area contributed by atoms with Crippen LogP contribution in [0.25, 0.3) is 0 Å². The minimum atomic E-state index is -0.485. The molecule has 2 N–H and O–H groups in total. The molecule has 0 amide bonds. The molecule has 0 aliphatic rings. The van der Waals surface area contributed by atoms with Gasteiger partial charge in [0.1, 0.15) is 0 Å². The molecule has 0 radical (unpaired) electrons. The highest BCUT2D eigenvalue weighted by atomic mass is 16.5. The quantitative estimate of drug-likeness (QED) is 0.786. The highest BCUT2D eigenvalue weighted by molar-refractivity contribution is 5.95. The molecule has 0 aliphatic carbocycles. The normalized spacial score (nSPS) is 11.9. The Bertz CT molecular complexity index is 407. The number of nitrogen functional groups attached to an aromatic ring is 1. The van der Waals surface area contributed by atoms with Crippen LogP contribution in [0.1, 0.15) is 37.0 Å². The van der Waals surface area contributed by atoms with Gasteiger partial charge in [-0.15, -0.1) is 0 Å². The van der Waals surface area contributed by atoms with Gasteiger partial charge in [-0.05, 0) is 12.3 Å². The first-order chi connectivity index (χ1) is 8.58. The maximum Gasteiger partial charge on any atom is 0.340 e. The van der Waals surface area contributed by atoms with E-state index >= 15 is 0 Å². The average molecular weight is 252 g/mol. The number of pyridine rings is 1. The van der Waals surface area contributed by atoms with Crippen LogP contribution < -0.4 is 10.5 Å². The molecular weight excluding hydrogens is 232 g/mol. The van der Waals surface area contributed by atoms with Crippen LogP contribution in [-0.4, -0.2) is 24.7 Å². The first kappa shape index (κ1) is 14.3. The van der Waals surface area contributed by atoms with Crippen LogP contribution in [0, 0.1) is 5.92 Å². The van der Waals surface area contributed by atoms with Crippen molar-refractivity contribution in [2.75, 3.05) is 19.5 Å². The minimum absolute atomic E-state index is 0.283. The van der Waals surface area contributed by atoms with Gasteiger partial charge in [-0.25, -0.2) is 9.78 Å². The topological polar surface area (TPSA) is 74.4 Å². The zero-order chi connectivity index (χ0) is 13.5. The smallest absolute Gasteiger partial charge is 0.340 e. The van der Waals surface area contributed by atoms with Gasteiger partial charge in [-0.1, -0.05) is 20.3 Å². The second-order valence-corrected chi connectivity index (χ2v) is 4.31. The summed E-state index contributed by atoms with van der Waals surface area (Å²) in [5.41, 5.74) is 6.22. The molecule has 1 unspecified atom stereocenters. The van der Waals surface area contributed by atoms with Gasteiger partial charge in [0.2, 0.25) is 5.88 Å². The van der Waals surface area contributed by atoms with Gasteiger partial charge in [0.25, 0.3) is 0 Å². The summed E-state index contributed by atoms with van der Waals surface area (Å²) in [4.78, 5) is 15.5. The summed E-state index contributed by atoms with van der Waals surface area (Å²) >= 11 is 0. The van der Waals surface area contributed by atoms with E-state index in [0.29, 0.717) is 18.4 Å². The maximum absolute atomic E-state index is 11.4. The Kier molecular flexibility index (Phi) is 5.42. The summed E-state index contributed by atoms with van der Waals surface area (Å²) in [5.74, 6) is 0.366. The van der Waals surface area contributed by atoms with Crippen LogP contribution >= 0.6 is 0 Å². The van der Waals surface area contributed by atoms with Crippen molar-refractivity contribution in [3.8, 4) is 5.88 Å². The number of rotatable bonds is 6. The van der Waals surface area contributed by atoms with Gasteiger partial charge in [0.15, 0.2) is 0 Å². The summed E-state index contributed by atoms with van der Waals surface area (Å²) in [6.07, 6.45) is 3.62. The number of carbonyl (C=O) groups is 1. The molecule has 0 aliphatic heterocycles. The molecule has 100 valence electrons. The minimum Gasteiger partial charge on any atom is -0.477 e. The van der Waals surface area contributed by atoms with Crippen molar-refractivity contribution in [3.05, 3.63) is 17.8 Å². The Hall–Kier alpha value is -1.78. The van der Waals surface area contributed by atoms with Crippen molar-refractivity contribution in [2.24, 2.45) is 5.92 Å². The lowest BCUT2D eigenvalue weighted by Crippen LogP contribution is -2.11. The summed E-state index contributed by atoms with van der Waals surface area (Å²) in [5, 5.41) is 0. The number of methoxy groups -OCH3 is 1. The van der Waals surface area contributed by atoms with Crippen molar-refractivity contribution >= 4 is 11.7 Å². The third-order valence-electron chi connectivity index (χ3n) is 2.61. The molecule has 0 saturated carbocycles. The predicted molar refractivity (Wildman–Crippen MR) is 69.6 cm³/mol. The van der Waals surface area contributed by atoms with E-state index in [0.717, 1.165) is 12.8 Å². The van der Waals surface area contributed by atoms with Crippen LogP contribution in [0.3, 0.4) is 0 Å². The number of hydrogen-bond donors (Lipinski definition) is 1. The standard InChI is InChI=1S/C13H20N2O3/c1-4-5-9(2)8-18-12-6-10(13(16)17-3)11(14)7-15-12/h6-7,9H,4-5,8,14H2,1-3H3. The lowest BCUT2D eigenvalue weighted by atomic mass is 10.1. The van der Waals surface area contributed by atoms with Gasteiger partial charge >= 0.3 is 5.97 Å². The third kappa shape index (κ3) is 3.91. The number of ether oxygens (including phenoxy) is 2. The fourth-order valence-electron chi connectivity index (χ4n) is 1.62. The lowest BCUT2D eigenvalue weighted by Gasteiger charge is -2.12. The Morgan fingerprint density at radius 3 is 2.89 bits per heavy atom. The molecule has 1 rings (SSSR count). The molecule has 0 saturated heterocycles. The molecule has 5 nitrogen and oxygen atoms in total. The average Bonchev–Trinajstić information content (AvgIpc) is 2.37. The first-order valence-electron chi connectivity index (χ1n) is 6.05. The van der Waals surface area contributed by atoms with E-state index < -0.39 is 5.97 Å².